The third kappa shape index (κ3) is 6.21. The van der Waals surface area contributed by atoms with Gasteiger partial charge in [-0.15, -0.1) is 0 Å². The minimum Gasteiger partial charge on any atom is -0.364 e. The van der Waals surface area contributed by atoms with Gasteiger partial charge in [-0.3, -0.25) is 0 Å². The van der Waals surface area contributed by atoms with Crippen LogP contribution >= 0.6 is 67.8 Å². The van der Waals surface area contributed by atoms with Gasteiger partial charge < -0.3 is 9.84 Å². The molecule has 0 heterocycles. The van der Waals surface area contributed by atoms with E-state index in [4.69, 9.17) is 4.74 Å². The zero-order valence-electron chi connectivity index (χ0n) is 12.5. The van der Waals surface area contributed by atoms with Gasteiger partial charge >= 0.3 is 0 Å². The van der Waals surface area contributed by atoms with Crippen molar-refractivity contribution in [3.05, 3.63) is 58.5 Å². The van der Waals surface area contributed by atoms with Gasteiger partial charge in [0, 0.05) is 22.8 Å². The second-order valence-electron chi connectivity index (χ2n) is 4.87. The fourth-order valence-electron chi connectivity index (χ4n) is 1.91. The molecule has 2 rings (SSSR count). The van der Waals surface area contributed by atoms with E-state index in [2.05, 4.69) is 72.5 Å². The number of aliphatic hydroxyl groups excluding tert-OH is 1. The second-order valence-corrected chi connectivity index (χ2v) is 10.1. The van der Waals surface area contributed by atoms with E-state index in [1.165, 1.54) is 18.2 Å². The molecule has 0 aromatic heterocycles. The Labute approximate surface area is 186 Å². The predicted molar refractivity (Wildman–Crippen MR) is 117 cm³/mol. The molecular formula is C15H13FI3NO4S. The molecule has 0 amide bonds. The van der Waals surface area contributed by atoms with Gasteiger partial charge in [0.05, 0.1) is 11.5 Å². The van der Waals surface area contributed by atoms with Crippen LogP contribution in [-0.2, 0) is 14.8 Å². The second kappa shape index (κ2) is 9.54. The Morgan fingerprint density at radius 3 is 2.60 bits per heavy atom. The zero-order chi connectivity index (χ0) is 18.6. The largest absolute Gasteiger partial charge is 0.364 e. The summed E-state index contributed by atoms with van der Waals surface area (Å²) in [6.07, 6.45) is -1.16. The lowest BCUT2D eigenvalue weighted by molar-refractivity contribution is -0.101. The summed E-state index contributed by atoms with van der Waals surface area (Å²) in [6, 6.07) is 8.53. The van der Waals surface area contributed by atoms with E-state index in [-0.39, 0.29) is 18.0 Å². The van der Waals surface area contributed by atoms with Crippen LogP contribution in [0.4, 0.5) is 4.39 Å². The van der Waals surface area contributed by atoms with Crippen LogP contribution in [0.2, 0.25) is 0 Å². The summed E-state index contributed by atoms with van der Waals surface area (Å²) in [5.41, 5.74) is 0.630. The van der Waals surface area contributed by atoms with Gasteiger partial charge in [-0.25, -0.2) is 17.5 Å². The number of nitrogens with one attached hydrogen (secondary N) is 1. The Balaban J connectivity index is 1.93. The molecule has 0 aliphatic rings. The Morgan fingerprint density at radius 2 is 1.92 bits per heavy atom. The van der Waals surface area contributed by atoms with E-state index in [1.807, 2.05) is 12.1 Å². The number of aliphatic hydroxyl groups is 1. The highest BCUT2D eigenvalue weighted by Gasteiger charge is 2.17. The fraction of sp³-hybridized carbons (Fsp3) is 0.200. The van der Waals surface area contributed by atoms with E-state index in [0.29, 0.717) is 5.56 Å². The summed E-state index contributed by atoms with van der Waals surface area (Å²) in [4.78, 5) is -0.158. The first kappa shape index (κ1) is 21.7. The maximum atomic E-state index is 13.1. The predicted octanol–water partition coefficient (Wildman–Crippen LogP) is 3.63. The van der Waals surface area contributed by atoms with E-state index >= 15 is 0 Å². The number of hydrogen-bond acceptors (Lipinski definition) is 4. The van der Waals surface area contributed by atoms with Crippen molar-refractivity contribution in [3.63, 3.8) is 0 Å². The lowest BCUT2D eigenvalue weighted by atomic mass is 10.2. The maximum Gasteiger partial charge on any atom is 0.240 e. The van der Waals surface area contributed by atoms with Crippen molar-refractivity contribution < 1.29 is 22.7 Å². The lowest BCUT2D eigenvalue weighted by Crippen LogP contribution is -2.28. The molecule has 0 fully saturated rings. The standard InChI is InChI=1S/C15H13FI3NO4S/c16-9-2-1-3-11(6-9)25(22,23)20-4-5-24-15(21)12-7-10(17)8-13(18)14(12)19/h1-3,6-8,15,20-21H,4-5H2. The first-order chi connectivity index (χ1) is 11.7. The Morgan fingerprint density at radius 1 is 1.20 bits per heavy atom. The maximum absolute atomic E-state index is 13.1. The minimum absolute atomic E-state index is 0.0339. The first-order valence-corrected chi connectivity index (χ1v) is 11.6. The van der Waals surface area contributed by atoms with Gasteiger partial charge in [0.2, 0.25) is 10.0 Å². The Bertz CT molecular complexity index is 864. The van der Waals surface area contributed by atoms with E-state index in [1.54, 1.807) is 0 Å². The molecule has 0 radical (unpaired) electrons. The molecule has 1 unspecified atom stereocenters. The van der Waals surface area contributed by atoms with Crippen LogP contribution in [0.3, 0.4) is 0 Å². The molecule has 2 N–H and O–H groups in total. The van der Waals surface area contributed by atoms with Crippen molar-refractivity contribution in [2.24, 2.45) is 0 Å². The van der Waals surface area contributed by atoms with Crippen LogP contribution < -0.4 is 4.72 Å². The molecule has 0 bridgehead atoms. The zero-order valence-corrected chi connectivity index (χ0v) is 19.8. The quantitative estimate of drug-likeness (QED) is 0.200. The number of halogens is 4. The smallest absolute Gasteiger partial charge is 0.240 e. The van der Waals surface area contributed by atoms with Crippen molar-refractivity contribution >= 4 is 77.8 Å². The molecule has 2 aromatic rings. The first-order valence-electron chi connectivity index (χ1n) is 6.90. The number of ether oxygens (including phenoxy) is 1. The molecular weight excluding hydrogens is 690 g/mol. The van der Waals surface area contributed by atoms with Crippen molar-refractivity contribution in [2.75, 3.05) is 13.2 Å². The molecule has 136 valence electrons. The van der Waals surface area contributed by atoms with Gasteiger partial charge in [0.15, 0.2) is 6.29 Å². The third-order valence-electron chi connectivity index (χ3n) is 3.06. The van der Waals surface area contributed by atoms with Crippen molar-refractivity contribution in [1.82, 2.24) is 4.72 Å². The number of hydrogen-bond donors (Lipinski definition) is 2. The number of rotatable bonds is 7. The van der Waals surface area contributed by atoms with Crippen molar-refractivity contribution in [3.8, 4) is 0 Å². The van der Waals surface area contributed by atoms with Gasteiger partial charge in [0.1, 0.15) is 5.82 Å². The van der Waals surface area contributed by atoms with E-state index in [0.717, 1.165) is 16.8 Å². The highest BCUT2D eigenvalue weighted by molar-refractivity contribution is 14.1. The van der Waals surface area contributed by atoms with Gasteiger partial charge in [-0.1, -0.05) is 6.07 Å². The summed E-state index contributed by atoms with van der Waals surface area (Å²) in [5, 5.41) is 10.2. The van der Waals surface area contributed by atoms with Crippen molar-refractivity contribution in [1.29, 1.82) is 0 Å². The summed E-state index contributed by atoms with van der Waals surface area (Å²) in [6.45, 7) is -0.0820. The van der Waals surface area contributed by atoms with Crippen molar-refractivity contribution in [2.45, 2.75) is 11.2 Å². The minimum atomic E-state index is -3.82. The lowest BCUT2D eigenvalue weighted by Gasteiger charge is -2.16. The highest BCUT2D eigenvalue weighted by atomic mass is 127. The van der Waals surface area contributed by atoms with E-state index < -0.39 is 22.1 Å². The number of sulfonamides is 1. The molecule has 1 atom stereocenters. The Kier molecular flexibility index (Phi) is 8.28. The summed E-state index contributed by atoms with van der Waals surface area (Å²) in [7, 11) is -3.82. The highest BCUT2D eigenvalue weighted by Crippen LogP contribution is 2.27. The topological polar surface area (TPSA) is 75.6 Å². The molecule has 0 saturated carbocycles. The van der Waals surface area contributed by atoms with E-state index in [9.17, 15) is 17.9 Å². The third-order valence-corrected chi connectivity index (χ3v) is 8.23. The number of benzene rings is 2. The molecule has 10 heteroatoms. The van der Waals surface area contributed by atoms with Gasteiger partial charge in [0.25, 0.3) is 0 Å². The fourth-order valence-corrected chi connectivity index (χ4v) is 5.42. The van der Waals surface area contributed by atoms with Crippen LogP contribution in [-0.4, -0.2) is 26.7 Å². The van der Waals surface area contributed by atoms with Crippen LogP contribution in [0.25, 0.3) is 0 Å². The monoisotopic (exact) mass is 703 g/mol. The van der Waals surface area contributed by atoms with Gasteiger partial charge in [-0.2, -0.15) is 0 Å². The normalized spacial score (nSPS) is 13.0. The average molecular weight is 703 g/mol. The average Bonchev–Trinajstić information content (AvgIpc) is 2.54. The molecule has 5 nitrogen and oxygen atoms in total. The molecule has 0 aliphatic heterocycles. The van der Waals surface area contributed by atoms with Gasteiger partial charge in [-0.05, 0) is 98.1 Å². The summed E-state index contributed by atoms with van der Waals surface area (Å²) in [5.74, 6) is -0.627. The molecule has 0 spiro atoms. The molecule has 0 aliphatic carbocycles. The molecule has 25 heavy (non-hydrogen) atoms. The van der Waals surface area contributed by atoms with Crippen LogP contribution in [0, 0.1) is 16.5 Å². The van der Waals surface area contributed by atoms with Crippen LogP contribution in [0.15, 0.2) is 41.3 Å². The SMILES string of the molecule is O=S(=O)(NCCOC(O)c1cc(I)cc(I)c1I)c1cccc(F)c1. The summed E-state index contributed by atoms with van der Waals surface area (Å²) < 4.78 is 47.7. The van der Waals surface area contributed by atoms with Crippen LogP contribution in [0.1, 0.15) is 11.9 Å². The molecule has 2 aromatic carbocycles. The molecule has 0 saturated heterocycles. The van der Waals surface area contributed by atoms with Crippen LogP contribution in [0.5, 0.6) is 0 Å². The summed E-state index contributed by atoms with van der Waals surface area (Å²) >= 11 is 6.44. The Hall–Kier alpha value is 0.390.